The van der Waals surface area contributed by atoms with E-state index in [9.17, 15) is 145 Å². The molecule has 54 nitrogen and oxygen atoms in total. The average Bonchev–Trinajstić information content (AvgIpc) is 0.870. The van der Waals surface area contributed by atoms with Crippen molar-refractivity contribution in [2.24, 2.45) is 0 Å². The lowest BCUT2D eigenvalue weighted by atomic mass is 10.1. The second kappa shape index (κ2) is 73.0. The molecule has 4 atom stereocenters. The molecule has 58 heteroatoms. The standard InChI is InChI=1S/C84H122Cl2N22O32S2/c85-51-7-11-53(12-8-51)107(139)83(137)141-49-57(79(131)101-47-77(127)128)105-73(123)17-15-55(81(133)134)103-75(125)31-45-99-71(121)29-43-97-69(119)27-41-95-67(117)25-39-93-65(115)23-37-91-63(113)21-35-89-61(111)19-33-87-59(109)5-3-1-2-4-6-60(110)88-34-20-62(112)90-36-22-64(114)92-38-24-66(116)94-40-26-68(118)96-42-28-70(120)98-44-30-72(122)100-46-32-76(126)104-56(82(135)136)16-18-74(124)106-58(80(132)102-48-78(129)130)50-142-84(138)108(140)54-13-9-52(86)10-14-54/h7-14,55-58,139-140H,1-6,15-50H2,(H,87,109)(H,88,110)(H,89,111)(H,90,112)(H,91,113)(H,92,114)(H,93,115)(H,94,116)(H,95,117)(H,96,118)(H,97,119)(H,98,120)(H,99,121)(H,100,122)(H,101,131)(H,102,132)(H,103,125)(H,104,126)(H,105,123)(H,106,124)(H,127,128)(H,129,130)(H,133,134)(H,135,136)/t55-,56-,57-,58-/m0/s1. The number of carbonyl (C=O) groups excluding carboxylic acids is 22. The number of benzene rings is 2. The number of unbranched alkanes of at least 4 members (excludes halogenated alkanes) is 3. The van der Waals surface area contributed by atoms with Crippen molar-refractivity contribution in [3.05, 3.63) is 58.6 Å². The molecular weight excluding hydrogens is 1960 g/mol. The molecule has 0 saturated heterocycles. The molecule has 142 heavy (non-hydrogen) atoms. The van der Waals surface area contributed by atoms with Crippen molar-refractivity contribution in [1.82, 2.24) is 106 Å². The fourth-order valence-electron chi connectivity index (χ4n) is 11.5. The van der Waals surface area contributed by atoms with Crippen LogP contribution in [0.15, 0.2) is 48.5 Å². The molecule has 0 aliphatic rings. The van der Waals surface area contributed by atoms with Crippen LogP contribution in [0.4, 0.5) is 21.0 Å². The van der Waals surface area contributed by atoms with Gasteiger partial charge in [0.05, 0.1) is 11.4 Å². The van der Waals surface area contributed by atoms with Crippen molar-refractivity contribution in [2.45, 2.75) is 178 Å². The number of amides is 22. The van der Waals surface area contributed by atoms with E-state index >= 15 is 0 Å². The summed E-state index contributed by atoms with van der Waals surface area (Å²) in [7, 11) is 0. The Balaban J connectivity index is 1.42. The normalized spacial score (nSPS) is 11.4. The van der Waals surface area contributed by atoms with Crippen molar-refractivity contribution >= 4 is 211 Å². The Morgan fingerprint density at radius 3 is 0.620 bits per heavy atom. The number of halogens is 2. The number of nitrogens with one attached hydrogen (secondary N) is 20. The molecule has 786 valence electrons. The van der Waals surface area contributed by atoms with Gasteiger partial charge in [-0.3, -0.25) is 125 Å². The van der Waals surface area contributed by atoms with Gasteiger partial charge in [0.15, 0.2) is 0 Å². The Morgan fingerprint density at radius 1 is 0.239 bits per heavy atom. The third-order valence-electron chi connectivity index (χ3n) is 19.0. The number of hydrogen-bond donors (Lipinski definition) is 26. The van der Waals surface area contributed by atoms with Gasteiger partial charge in [-0.25, -0.2) is 9.59 Å². The quantitative estimate of drug-likeness (QED) is 0.0168. The molecule has 0 heterocycles. The van der Waals surface area contributed by atoms with Crippen molar-refractivity contribution in [1.29, 1.82) is 0 Å². The number of anilines is 2. The lowest BCUT2D eigenvalue weighted by Gasteiger charge is -2.20. The van der Waals surface area contributed by atoms with E-state index in [2.05, 4.69) is 106 Å². The predicted molar refractivity (Wildman–Crippen MR) is 504 cm³/mol. The van der Waals surface area contributed by atoms with Gasteiger partial charge in [0.1, 0.15) is 37.3 Å². The number of carboxylic acid groups (broad SMARTS) is 4. The summed E-state index contributed by atoms with van der Waals surface area (Å²) < 4.78 is 0. The largest absolute Gasteiger partial charge is 0.480 e. The summed E-state index contributed by atoms with van der Waals surface area (Å²) in [5, 5.41) is 105. The first-order valence-electron chi connectivity index (χ1n) is 44.7. The van der Waals surface area contributed by atoms with Gasteiger partial charge in [-0.05, 0) is 74.2 Å². The van der Waals surface area contributed by atoms with E-state index in [1.807, 2.05) is 0 Å². The first kappa shape index (κ1) is 124. The van der Waals surface area contributed by atoms with E-state index in [1.165, 1.54) is 48.5 Å². The number of hydroxylamine groups is 2. The van der Waals surface area contributed by atoms with Crippen LogP contribution in [0, 0.1) is 0 Å². The van der Waals surface area contributed by atoms with Crippen LogP contribution in [0.3, 0.4) is 0 Å². The van der Waals surface area contributed by atoms with Crippen LogP contribution in [-0.2, 0) is 115 Å². The summed E-state index contributed by atoms with van der Waals surface area (Å²) in [4.78, 5) is 319. The fourth-order valence-corrected chi connectivity index (χ4v) is 13.2. The van der Waals surface area contributed by atoms with Gasteiger partial charge in [-0.1, -0.05) is 59.6 Å². The Hall–Kier alpha value is -14.1. The third kappa shape index (κ3) is 62.7. The smallest absolute Gasteiger partial charge is 0.326 e. The predicted octanol–water partition coefficient (Wildman–Crippen LogP) is -4.71. The molecule has 0 aromatic heterocycles. The number of carboxylic acids is 4. The molecule has 0 radical (unpaired) electrons. The summed E-state index contributed by atoms with van der Waals surface area (Å²) in [5.74, 6) is -18.9. The Labute approximate surface area is 831 Å². The number of carbonyl (C=O) groups is 26. The minimum Gasteiger partial charge on any atom is -0.480 e. The summed E-state index contributed by atoms with van der Waals surface area (Å²) >= 11 is 12.4. The van der Waals surface area contributed by atoms with E-state index in [0.717, 1.165) is 0 Å². The highest BCUT2D eigenvalue weighted by atomic mass is 35.5. The van der Waals surface area contributed by atoms with Crippen LogP contribution in [0.5, 0.6) is 0 Å². The lowest BCUT2D eigenvalue weighted by molar-refractivity contribution is -0.142. The summed E-state index contributed by atoms with van der Waals surface area (Å²) in [5.41, 5.74) is 0.0372. The zero-order valence-electron chi connectivity index (χ0n) is 77.4. The van der Waals surface area contributed by atoms with Crippen LogP contribution in [0.25, 0.3) is 0 Å². The minimum atomic E-state index is -1.61. The minimum absolute atomic E-state index is 0.0186. The summed E-state index contributed by atoms with van der Waals surface area (Å²) in [6.07, 6.45) is -1.85. The molecule has 0 aliphatic heterocycles. The topological polar surface area (TPSA) is 812 Å². The fraction of sp³-hybridized carbons (Fsp3) is 0.548. The van der Waals surface area contributed by atoms with Crippen LogP contribution in [0.2, 0.25) is 10.0 Å². The number of hydrogen-bond acceptors (Lipinski definition) is 30. The molecule has 0 aliphatic carbocycles. The van der Waals surface area contributed by atoms with E-state index < -0.39 is 228 Å². The number of aliphatic carboxylic acids is 4. The van der Waals surface area contributed by atoms with Gasteiger partial charge >= 0.3 is 34.4 Å². The molecule has 0 bridgehead atoms. The molecule has 2 aromatic carbocycles. The zero-order valence-corrected chi connectivity index (χ0v) is 80.5. The van der Waals surface area contributed by atoms with Gasteiger partial charge in [0, 0.05) is 229 Å². The van der Waals surface area contributed by atoms with Crippen LogP contribution < -0.4 is 116 Å². The van der Waals surface area contributed by atoms with Crippen LogP contribution in [-0.4, -0.2) is 324 Å². The SMILES string of the molecule is O=C(O)CNC(=O)[C@H](CSC(=O)N(O)c1ccc(Cl)cc1)NC(=O)CC[C@H](NC(=O)CCNC(=O)CCNC(=O)CCNC(=O)CCNC(=O)CCNC(=O)CCNC(=O)CCNC(=O)CCCCCCC(=O)NCCC(=O)NCCC(=O)NCCC(=O)NCCC(=O)NCCC(=O)NCCC(=O)NCCC(=O)N[C@@H](CCC(=O)N[C@@H](CSC(=O)N(O)c1ccc(Cl)cc1)C(=O)NCC(=O)O)C(=O)O)C(=O)O. The molecule has 22 amide bonds. The number of rotatable bonds is 73. The van der Waals surface area contributed by atoms with Gasteiger partial charge in [-0.15, -0.1) is 0 Å². The van der Waals surface area contributed by atoms with E-state index in [0.29, 0.717) is 59.3 Å². The Morgan fingerprint density at radius 2 is 0.423 bits per heavy atom. The number of thioether (sulfide) groups is 2. The molecule has 0 spiro atoms. The second-order valence-electron chi connectivity index (χ2n) is 30.5. The zero-order chi connectivity index (χ0) is 106. The average molecular weight is 2090 g/mol. The van der Waals surface area contributed by atoms with Crippen molar-refractivity contribution in [3.8, 4) is 0 Å². The highest BCUT2D eigenvalue weighted by Crippen LogP contribution is 2.23. The highest BCUT2D eigenvalue weighted by Gasteiger charge is 2.31. The van der Waals surface area contributed by atoms with E-state index in [1.54, 1.807) is 0 Å². The van der Waals surface area contributed by atoms with Gasteiger partial charge < -0.3 is 127 Å². The highest BCUT2D eigenvalue weighted by molar-refractivity contribution is 8.14. The van der Waals surface area contributed by atoms with E-state index in [-0.39, 0.29) is 215 Å². The molecule has 0 saturated carbocycles. The first-order valence-corrected chi connectivity index (χ1v) is 47.4. The van der Waals surface area contributed by atoms with Crippen LogP contribution in [0.1, 0.15) is 154 Å². The van der Waals surface area contributed by atoms with Crippen LogP contribution >= 0.6 is 46.7 Å². The van der Waals surface area contributed by atoms with Gasteiger partial charge in [0.25, 0.3) is 0 Å². The maximum atomic E-state index is 12.8. The molecule has 2 rings (SSSR count). The third-order valence-corrected chi connectivity index (χ3v) is 21.3. The Kier molecular flexibility index (Phi) is 63.7. The maximum Gasteiger partial charge on any atom is 0.326 e. The summed E-state index contributed by atoms with van der Waals surface area (Å²) in [6, 6.07) is 4.56. The van der Waals surface area contributed by atoms with Crippen molar-refractivity contribution in [2.75, 3.05) is 126 Å². The number of nitrogens with zero attached hydrogens (tertiary/aromatic N) is 2. The second-order valence-corrected chi connectivity index (χ2v) is 33.3. The molecule has 0 fully saturated rings. The maximum absolute atomic E-state index is 12.8. The van der Waals surface area contributed by atoms with Crippen molar-refractivity contribution < 1.29 is 155 Å². The Bertz CT molecular complexity index is 4350. The summed E-state index contributed by atoms with van der Waals surface area (Å²) in [6.45, 7) is -2.76. The monoisotopic (exact) mass is 2080 g/mol. The van der Waals surface area contributed by atoms with Crippen molar-refractivity contribution in [3.63, 3.8) is 0 Å². The molecular formula is C84H122Cl2N22O32S2. The first-order chi connectivity index (χ1) is 67.5. The lowest BCUT2D eigenvalue weighted by Crippen LogP contribution is -2.50. The molecule has 26 N–H and O–H groups in total. The van der Waals surface area contributed by atoms with Gasteiger partial charge in [0.2, 0.25) is 118 Å². The molecule has 0 unspecified atom stereocenters. The van der Waals surface area contributed by atoms with E-state index in [4.69, 9.17) is 33.4 Å². The molecule has 2 aromatic rings. The van der Waals surface area contributed by atoms with Gasteiger partial charge in [-0.2, -0.15) is 10.1 Å².